The van der Waals surface area contributed by atoms with Gasteiger partial charge in [0.05, 0.1) is 0 Å². The third-order valence-electron chi connectivity index (χ3n) is 5.67. The molecule has 1 aliphatic heterocycles. The van der Waals surface area contributed by atoms with Crippen molar-refractivity contribution in [2.24, 2.45) is 11.8 Å². The molecule has 0 spiro atoms. The molecule has 1 aromatic carbocycles. The van der Waals surface area contributed by atoms with E-state index >= 15 is 0 Å². The Labute approximate surface area is 172 Å². The van der Waals surface area contributed by atoms with Crippen LogP contribution >= 0.6 is 0 Å². The summed E-state index contributed by atoms with van der Waals surface area (Å²) in [5.41, 5.74) is 0.681. The molecule has 1 aromatic rings. The average Bonchev–Trinajstić information content (AvgIpc) is 3.60. The number of likely N-dealkylation sites (tertiary alicyclic amines) is 1. The number of methoxy groups -OCH3 is 1. The molecule has 7 heteroatoms. The fourth-order valence-corrected chi connectivity index (χ4v) is 3.75. The molecule has 0 bridgehead atoms. The van der Waals surface area contributed by atoms with E-state index in [1.54, 1.807) is 7.11 Å². The van der Waals surface area contributed by atoms with Gasteiger partial charge in [-0.3, -0.25) is 14.4 Å². The van der Waals surface area contributed by atoms with Crippen molar-refractivity contribution in [2.75, 3.05) is 33.4 Å². The van der Waals surface area contributed by atoms with E-state index < -0.39 is 6.04 Å². The number of hydrogen-bond acceptors (Lipinski definition) is 4. The van der Waals surface area contributed by atoms with Crippen LogP contribution in [0.1, 0.15) is 42.5 Å². The lowest BCUT2D eigenvalue weighted by atomic mass is 9.88. The van der Waals surface area contributed by atoms with Crippen LogP contribution in [-0.2, 0) is 14.3 Å². The Morgan fingerprint density at radius 1 is 1.10 bits per heavy atom. The summed E-state index contributed by atoms with van der Waals surface area (Å²) in [7, 11) is 1.63. The number of piperidine rings is 1. The lowest BCUT2D eigenvalue weighted by molar-refractivity contribution is -0.131. The van der Waals surface area contributed by atoms with Crippen LogP contribution in [0.5, 0.6) is 0 Å². The fraction of sp³-hybridized carbons (Fsp3) is 0.591. The van der Waals surface area contributed by atoms with Gasteiger partial charge in [0, 0.05) is 44.8 Å². The highest BCUT2D eigenvalue weighted by Crippen LogP contribution is 2.30. The molecule has 2 aliphatic rings. The smallest absolute Gasteiger partial charge is 0.253 e. The van der Waals surface area contributed by atoms with Gasteiger partial charge < -0.3 is 20.3 Å². The first kappa shape index (κ1) is 21.3. The van der Waals surface area contributed by atoms with E-state index in [1.807, 2.05) is 35.2 Å². The largest absolute Gasteiger partial charge is 0.385 e. The number of ether oxygens (including phenoxy) is 1. The first-order valence-corrected chi connectivity index (χ1v) is 10.5. The minimum atomic E-state index is -0.542. The molecule has 1 unspecified atom stereocenters. The second-order valence-corrected chi connectivity index (χ2v) is 7.89. The van der Waals surface area contributed by atoms with Crippen LogP contribution in [0.2, 0.25) is 0 Å². The Morgan fingerprint density at radius 2 is 1.79 bits per heavy atom. The Hall–Kier alpha value is -2.41. The number of nitrogens with one attached hydrogen (secondary N) is 2. The van der Waals surface area contributed by atoms with Crippen LogP contribution in [0.15, 0.2) is 30.3 Å². The van der Waals surface area contributed by atoms with Gasteiger partial charge >= 0.3 is 0 Å². The zero-order chi connectivity index (χ0) is 20.6. The van der Waals surface area contributed by atoms with Crippen molar-refractivity contribution in [2.45, 2.75) is 38.1 Å². The maximum absolute atomic E-state index is 12.8. The third kappa shape index (κ3) is 6.03. The standard InChI is InChI=1S/C22H31N3O4/c1-29-15-5-12-23-21(27)19(24-20(26)17-8-9-17)16-10-13-25(14-11-16)22(28)18-6-3-2-4-7-18/h2-4,6-7,16-17,19H,5,8-15H2,1H3,(H,23,27)(H,24,26). The quantitative estimate of drug-likeness (QED) is 0.615. The average molecular weight is 402 g/mol. The predicted octanol–water partition coefficient (Wildman–Crippen LogP) is 1.59. The molecule has 1 heterocycles. The first-order chi connectivity index (χ1) is 14.1. The molecule has 7 nitrogen and oxygen atoms in total. The molecule has 3 rings (SSSR count). The number of benzene rings is 1. The number of rotatable bonds is 9. The summed E-state index contributed by atoms with van der Waals surface area (Å²) >= 11 is 0. The van der Waals surface area contributed by atoms with Gasteiger partial charge in [0.25, 0.3) is 5.91 Å². The van der Waals surface area contributed by atoms with Crippen molar-refractivity contribution in [1.29, 1.82) is 0 Å². The van der Waals surface area contributed by atoms with Gasteiger partial charge in [-0.15, -0.1) is 0 Å². The Morgan fingerprint density at radius 3 is 2.41 bits per heavy atom. The normalized spacial score (nSPS) is 18.2. The van der Waals surface area contributed by atoms with E-state index in [0.29, 0.717) is 44.6 Å². The van der Waals surface area contributed by atoms with E-state index in [9.17, 15) is 14.4 Å². The van der Waals surface area contributed by atoms with Crippen molar-refractivity contribution < 1.29 is 19.1 Å². The second-order valence-electron chi connectivity index (χ2n) is 7.89. The summed E-state index contributed by atoms with van der Waals surface area (Å²) in [6, 6.07) is 8.71. The minimum Gasteiger partial charge on any atom is -0.385 e. The highest BCUT2D eigenvalue weighted by Gasteiger charge is 2.37. The van der Waals surface area contributed by atoms with Crippen molar-refractivity contribution in [3.63, 3.8) is 0 Å². The molecule has 29 heavy (non-hydrogen) atoms. The number of nitrogens with zero attached hydrogens (tertiary/aromatic N) is 1. The van der Waals surface area contributed by atoms with E-state index in [-0.39, 0.29) is 29.6 Å². The SMILES string of the molecule is COCCCNC(=O)C(NC(=O)C1CC1)C1CCN(C(=O)c2ccccc2)CC1. The zero-order valence-electron chi connectivity index (χ0n) is 17.1. The van der Waals surface area contributed by atoms with Crippen molar-refractivity contribution in [3.05, 3.63) is 35.9 Å². The van der Waals surface area contributed by atoms with Crippen LogP contribution in [0.25, 0.3) is 0 Å². The lowest BCUT2D eigenvalue weighted by Crippen LogP contribution is -2.54. The monoisotopic (exact) mass is 401 g/mol. The van der Waals surface area contributed by atoms with Gasteiger partial charge in [0.15, 0.2) is 0 Å². The molecule has 1 saturated heterocycles. The molecule has 2 N–H and O–H groups in total. The summed E-state index contributed by atoms with van der Waals surface area (Å²) in [5, 5.41) is 5.90. The molecular formula is C22H31N3O4. The van der Waals surface area contributed by atoms with Crippen molar-refractivity contribution in [1.82, 2.24) is 15.5 Å². The van der Waals surface area contributed by atoms with E-state index in [0.717, 1.165) is 19.3 Å². The maximum Gasteiger partial charge on any atom is 0.253 e. The topological polar surface area (TPSA) is 87.7 Å². The summed E-state index contributed by atoms with van der Waals surface area (Å²) in [5.74, 6) is -0.0575. The Bertz CT molecular complexity index is 697. The third-order valence-corrected chi connectivity index (χ3v) is 5.67. The van der Waals surface area contributed by atoms with Crippen LogP contribution in [0, 0.1) is 11.8 Å². The number of amides is 3. The highest BCUT2D eigenvalue weighted by molar-refractivity contribution is 5.94. The maximum atomic E-state index is 12.8. The summed E-state index contributed by atoms with van der Waals surface area (Å²) in [6.45, 7) is 2.28. The van der Waals surface area contributed by atoms with Crippen LogP contribution < -0.4 is 10.6 Å². The van der Waals surface area contributed by atoms with Gasteiger partial charge in [0.1, 0.15) is 6.04 Å². The lowest BCUT2D eigenvalue weighted by Gasteiger charge is -2.36. The van der Waals surface area contributed by atoms with Gasteiger partial charge in [-0.25, -0.2) is 0 Å². The molecule has 2 fully saturated rings. The molecule has 3 amide bonds. The van der Waals surface area contributed by atoms with Crippen LogP contribution in [0.4, 0.5) is 0 Å². The molecule has 158 valence electrons. The van der Waals surface area contributed by atoms with E-state index in [1.165, 1.54) is 0 Å². The van der Waals surface area contributed by atoms with Gasteiger partial charge in [0.2, 0.25) is 11.8 Å². The predicted molar refractivity (Wildman–Crippen MR) is 109 cm³/mol. The van der Waals surface area contributed by atoms with E-state index in [2.05, 4.69) is 10.6 Å². The zero-order valence-corrected chi connectivity index (χ0v) is 17.1. The number of hydrogen-bond donors (Lipinski definition) is 2. The summed E-state index contributed by atoms with van der Waals surface area (Å²) in [4.78, 5) is 39.6. The Balaban J connectivity index is 1.57. The number of carbonyl (C=O) groups excluding carboxylic acids is 3. The van der Waals surface area contributed by atoms with Gasteiger partial charge in [-0.1, -0.05) is 18.2 Å². The molecule has 1 saturated carbocycles. The second kappa shape index (κ2) is 10.4. The van der Waals surface area contributed by atoms with Crippen LogP contribution in [0.3, 0.4) is 0 Å². The number of carbonyl (C=O) groups is 3. The first-order valence-electron chi connectivity index (χ1n) is 10.5. The molecule has 1 aliphatic carbocycles. The molecule has 1 atom stereocenters. The van der Waals surface area contributed by atoms with Gasteiger partial charge in [-0.05, 0) is 50.2 Å². The van der Waals surface area contributed by atoms with Crippen LogP contribution in [-0.4, -0.2) is 62.0 Å². The van der Waals surface area contributed by atoms with Crippen molar-refractivity contribution >= 4 is 17.7 Å². The van der Waals surface area contributed by atoms with Gasteiger partial charge in [-0.2, -0.15) is 0 Å². The fourth-order valence-electron chi connectivity index (χ4n) is 3.75. The molecule has 0 radical (unpaired) electrons. The molecule has 0 aromatic heterocycles. The summed E-state index contributed by atoms with van der Waals surface area (Å²) < 4.78 is 5.02. The highest BCUT2D eigenvalue weighted by atomic mass is 16.5. The van der Waals surface area contributed by atoms with Crippen molar-refractivity contribution in [3.8, 4) is 0 Å². The minimum absolute atomic E-state index is 0.0200. The van der Waals surface area contributed by atoms with E-state index in [4.69, 9.17) is 4.74 Å². The molecular weight excluding hydrogens is 370 g/mol. The summed E-state index contributed by atoms with van der Waals surface area (Å²) in [6.07, 6.45) is 3.92. The Kier molecular flexibility index (Phi) is 7.63.